The van der Waals surface area contributed by atoms with Crippen molar-refractivity contribution in [3.8, 4) is 0 Å². The molecule has 0 spiro atoms. The lowest BCUT2D eigenvalue weighted by Crippen LogP contribution is -2.19. The van der Waals surface area contributed by atoms with Crippen molar-refractivity contribution >= 4 is 11.8 Å². The molecule has 4 heteroatoms. The van der Waals surface area contributed by atoms with Crippen LogP contribution in [-0.2, 0) is 6.54 Å². The van der Waals surface area contributed by atoms with E-state index in [1.807, 2.05) is 11.8 Å². The van der Waals surface area contributed by atoms with Gasteiger partial charge >= 0.3 is 0 Å². The lowest BCUT2D eigenvalue weighted by Gasteiger charge is -2.14. The lowest BCUT2D eigenvalue weighted by molar-refractivity contribution is 0.326. The van der Waals surface area contributed by atoms with Crippen LogP contribution in [0.15, 0.2) is 11.2 Å². The molecular formula is C16H27N3S. The van der Waals surface area contributed by atoms with Gasteiger partial charge in [-0.3, -0.25) is 4.90 Å². The van der Waals surface area contributed by atoms with Crippen LogP contribution < -0.4 is 0 Å². The van der Waals surface area contributed by atoms with Gasteiger partial charge in [-0.25, -0.2) is 9.97 Å². The fourth-order valence-corrected chi connectivity index (χ4v) is 3.53. The third-order valence-corrected chi connectivity index (χ3v) is 4.63. The van der Waals surface area contributed by atoms with Gasteiger partial charge in [0.05, 0.1) is 5.69 Å². The van der Waals surface area contributed by atoms with E-state index in [9.17, 15) is 0 Å². The molecule has 0 amide bonds. The summed E-state index contributed by atoms with van der Waals surface area (Å²) in [6, 6.07) is 2.14. The van der Waals surface area contributed by atoms with Gasteiger partial charge in [0.15, 0.2) is 5.16 Å². The summed E-state index contributed by atoms with van der Waals surface area (Å²) in [5, 5.41) is 0.968. The Kier molecular flexibility index (Phi) is 6.80. The lowest BCUT2D eigenvalue weighted by atomic mass is 10.2. The molecule has 1 fully saturated rings. The van der Waals surface area contributed by atoms with Crippen molar-refractivity contribution < 1.29 is 0 Å². The largest absolute Gasteiger partial charge is 0.298 e. The smallest absolute Gasteiger partial charge is 0.188 e. The van der Waals surface area contributed by atoms with Crippen LogP contribution >= 0.6 is 11.8 Å². The van der Waals surface area contributed by atoms with Crippen LogP contribution in [0.3, 0.4) is 0 Å². The summed E-state index contributed by atoms with van der Waals surface area (Å²) in [6.07, 6.45) is 7.92. The van der Waals surface area contributed by atoms with Crippen molar-refractivity contribution in [2.75, 3.05) is 18.8 Å². The molecule has 112 valence electrons. The summed E-state index contributed by atoms with van der Waals surface area (Å²) in [6.45, 7) is 7.77. The Balaban J connectivity index is 1.83. The first-order chi connectivity index (χ1) is 9.78. The molecule has 1 aliphatic heterocycles. The van der Waals surface area contributed by atoms with Gasteiger partial charge < -0.3 is 0 Å². The van der Waals surface area contributed by atoms with Crippen LogP contribution in [0, 0.1) is 6.92 Å². The Labute approximate surface area is 127 Å². The van der Waals surface area contributed by atoms with E-state index in [2.05, 4.69) is 29.8 Å². The van der Waals surface area contributed by atoms with E-state index in [4.69, 9.17) is 4.98 Å². The third-order valence-electron chi connectivity index (χ3n) is 3.70. The molecule has 0 aromatic carbocycles. The SMILES string of the molecule is CCCCCCSc1nc(C)cc(CN2CCCC2)n1. The van der Waals surface area contributed by atoms with Crippen molar-refractivity contribution in [3.63, 3.8) is 0 Å². The molecule has 0 saturated carbocycles. The van der Waals surface area contributed by atoms with Gasteiger partial charge in [-0.05, 0) is 45.3 Å². The Morgan fingerprint density at radius 3 is 2.70 bits per heavy atom. The number of aromatic nitrogens is 2. The Bertz CT molecular complexity index is 403. The molecule has 3 nitrogen and oxygen atoms in total. The van der Waals surface area contributed by atoms with Gasteiger partial charge in [0.25, 0.3) is 0 Å². The average molecular weight is 293 g/mol. The molecule has 1 aromatic rings. The monoisotopic (exact) mass is 293 g/mol. The number of hydrogen-bond acceptors (Lipinski definition) is 4. The van der Waals surface area contributed by atoms with E-state index in [-0.39, 0.29) is 0 Å². The summed E-state index contributed by atoms with van der Waals surface area (Å²) >= 11 is 1.82. The van der Waals surface area contributed by atoms with E-state index >= 15 is 0 Å². The maximum Gasteiger partial charge on any atom is 0.188 e. The second kappa shape index (κ2) is 8.63. The third kappa shape index (κ3) is 5.41. The van der Waals surface area contributed by atoms with Gasteiger partial charge in [0.2, 0.25) is 0 Å². The predicted molar refractivity (Wildman–Crippen MR) is 86.1 cm³/mol. The van der Waals surface area contributed by atoms with E-state index in [0.29, 0.717) is 0 Å². The molecule has 1 aliphatic rings. The molecule has 0 unspecified atom stereocenters. The van der Waals surface area contributed by atoms with Crippen LogP contribution in [0.2, 0.25) is 0 Å². The zero-order valence-electron chi connectivity index (χ0n) is 12.9. The zero-order valence-corrected chi connectivity index (χ0v) is 13.7. The summed E-state index contributed by atoms with van der Waals surface area (Å²) in [5.41, 5.74) is 2.29. The highest BCUT2D eigenvalue weighted by atomic mass is 32.2. The maximum absolute atomic E-state index is 4.73. The maximum atomic E-state index is 4.73. The fourth-order valence-electron chi connectivity index (χ4n) is 2.61. The summed E-state index contributed by atoms with van der Waals surface area (Å²) in [7, 11) is 0. The number of likely N-dealkylation sites (tertiary alicyclic amines) is 1. The first-order valence-corrected chi connectivity index (χ1v) is 8.96. The van der Waals surface area contributed by atoms with E-state index in [0.717, 1.165) is 23.1 Å². The van der Waals surface area contributed by atoms with Gasteiger partial charge in [0.1, 0.15) is 0 Å². The van der Waals surface area contributed by atoms with Gasteiger partial charge in [0, 0.05) is 18.0 Å². The molecular weight excluding hydrogens is 266 g/mol. The minimum absolute atomic E-state index is 0.968. The highest BCUT2D eigenvalue weighted by Crippen LogP contribution is 2.18. The normalized spacial score (nSPS) is 15.9. The van der Waals surface area contributed by atoms with E-state index in [1.165, 1.54) is 57.3 Å². The first-order valence-electron chi connectivity index (χ1n) is 7.97. The second-order valence-electron chi connectivity index (χ2n) is 5.68. The van der Waals surface area contributed by atoms with Crippen LogP contribution in [0.1, 0.15) is 56.8 Å². The molecule has 0 radical (unpaired) electrons. The highest BCUT2D eigenvalue weighted by Gasteiger charge is 2.13. The molecule has 1 saturated heterocycles. The Hall–Kier alpha value is -0.610. The van der Waals surface area contributed by atoms with Crippen LogP contribution in [0.5, 0.6) is 0 Å². The summed E-state index contributed by atoms with van der Waals surface area (Å²) < 4.78 is 0. The van der Waals surface area contributed by atoms with Crippen molar-refractivity contribution in [2.45, 2.75) is 64.1 Å². The summed E-state index contributed by atoms with van der Waals surface area (Å²) in [5.74, 6) is 1.15. The number of aryl methyl sites for hydroxylation is 1. The van der Waals surface area contributed by atoms with E-state index in [1.54, 1.807) is 0 Å². The molecule has 0 bridgehead atoms. The quantitative estimate of drug-likeness (QED) is 0.411. The molecule has 2 rings (SSSR count). The average Bonchev–Trinajstić information content (AvgIpc) is 2.91. The first kappa shape index (κ1) is 15.8. The second-order valence-corrected chi connectivity index (χ2v) is 6.74. The Morgan fingerprint density at radius 2 is 1.95 bits per heavy atom. The van der Waals surface area contributed by atoms with Crippen molar-refractivity contribution in [1.82, 2.24) is 14.9 Å². The zero-order chi connectivity index (χ0) is 14.2. The van der Waals surface area contributed by atoms with Crippen molar-refractivity contribution in [1.29, 1.82) is 0 Å². The van der Waals surface area contributed by atoms with Crippen LogP contribution in [-0.4, -0.2) is 33.7 Å². The Morgan fingerprint density at radius 1 is 1.15 bits per heavy atom. The van der Waals surface area contributed by atoms with Gasteiger partial charge in [-0.2, -0.15) is 0 Å². The standard InChI is InChI=1S/C16H27N3S/c1-3-4-5-8-11-20-16-17-14(2)12-15(18-16)13-19-9-6-7-10-19/h12H,3-11,13H2,1-2H3. The van der Waals surface area contributed by atoms with E-state index < -0.39 is 0 Å². The molecule has 2 heterocycles. The highest BCUT2D eigenvalue weighted by molar-refractivity contribution is 7.99. The molecule has 0 atom stereocenters. The molecule has 20 heavy (non-hydrogen) atoms. The number of nitrogens with zero attached hydrogens (tertiary/aromatic N) is 3. The van der Waals surface area contributed by atoms with Crippen LogP contribution in [0.25, 0.3) is 0 Å². The molecule has 0 N–H and O–H groups in total. The van der Waals surface area contributed by atoms with Crippen molar-refractivity contribution in [2.24, 2.45) is 0 Å². The van der Waals surface area contributed by atoms with Crippen molar-refractivity contribution in [3.05, 3.63) is 17.5 Å². The topological polar surface area (TPSA) is 29.0 Å². The number of thioether (sulfide) groups is 1. The minimum Gasteiger partial charge on any atom is -0.298 e. The minimum atomic E-state index is 0.968. The predicted octanol–water partition coefficient (Wildman–Crippen LogP) is 4.05. The number of rotatable bonds is 8. The van der Waals surface area contributed by atoms with Crippen LogP contribution in [0.4, 0.5) is 0 Å². The van der Waals surface area contributed by atoms with Gasteiger partial charge in [-0.15, -0.1) is 0 Å². The molecule has 0 aliphatic carbocycles. The number of unbranched alkanes of at least 4 members (excludes halogenated alkanes) is 3. The summed E-state index contributed by atoms with van der Waals surface area (Å²) in [4.78, 5) is 11.8. The molecule has 1 aromatic heterocycles. The van der Waals surface area contributed by atoms with Gasteiger partial charge in [-0.1, -0.05) is 37.9 Å². The fraction of sp³-hybridized carbons (Fsp3) is 0.750. The number of hydrogen-bond donors (Lipinski definition) is 0.